The topological polar surface area (TPSA) is 0 Å². The Bertz CT molecular complexity index is 1260. The third-order valence-electron chi connectivity index (χ3n) is 6.06. The van der Waals surface area contributed by atoms with E-state index in [1.165, 1.54) is 53.5 Å². The standard InChI is InChI=1S/C32H26Se2/c1-33-31(25-19-11-5-12-20-25)29-27(23-15-7-3-8-16-23)28(24-17-9-4-10-18-24)30(29)32(34-2)26-21-13-6-14-22-26/h3-22H,1-2H3/b31-29-,32-30-. The van der Waals surface area contributed by atoms with Gasteiger partial charge < -0.3 is 0 Å². The molecule has 4 aromatic carbocycles. The van der Waals surface area contributed by atoms with Crippen molar-refractivity contribution in [2.45, 2.75) is 11.6 Å². The van der Waals surface area contributed by atoms with Crippen molar-refractivity contribution in [3.05, 3.63) is 155 Å². The van der Waals surface area contributed by atoms with Crippen LogP contribution in [0.2, 0.25) is 11.6 Å². The zero-order chi connectivity index (χ0) is 23.3. The Hall–Kier alpha value is -2.86. The number of rotatable bonds is 6. The van der Waals surface area contributed by atoms with Crippen molar-refractivity contribution < 1.29 is 0 Å². The van der Waals surface area contributed by atoms with Crippen LogP contribution >= 0.6 is 0 Å². The zero-order valence-electron chi connectivity index (χ0n) is 19.4. The molecule has 0 spiro atoms. The molecule has 1 aliphatic carbocycles. The summed E-state index contributed by atoms with van der Waals surface area (Å²) in [6.45, 7) is 0. The van der Waals surface area contributed by atoms with Crippen molar-refractivity contribution in [2.75, 3.05) is 0 Å². The molecule has 4 aromatic rings. The first kappa shape index (κ1) is 22.9. The fourth-order valence-electron chi connectivity index (χ4n) is 4.59. The first-order valence-corrected chi connectivity index (χ1v) is 16.5. The van der Waals surface area contributed by atoms with E-state index in [0.717, 1.165) is 0 Å². The van der Waals surface area contributed by atoms with Gasteiger partial charge in [-0.05, 0) is 0 Å². The van der Waals surface area contributed by atoms with Crippen LogP contribution in [0, 0.1) is 0 Å². The van der Waals surface area contributed by atoms with Gasteiger partial charge in [-0.25, -0.2) is 0 Å². The van der Waals surface area contributed by atoms with Gasteiger partial charge in [-0.1, -0.05) is 0 Å². The van der Waals surface area contributed by atoms with E-state index in [4.69, 9.17) is 0 Å². The summed E-state index contributed by atoms with van der Waals surface area (Å²) in [7, 11) is 0. The fourth-order valence-corrected chi connectivity index (χ4v) is 7.86. The van der Waals surface area contributed by atoms with E-state index in [-0.39, 0.29) is 0 Å². The molecule has 166 valence electrons. The van der Waals surface area contributed by atoms with Crippen molar-refractivity contribution in [1.29, 1.82) is 0 Å². The Labute approximate surface area is 215 Å². The van der Waals surface area contributed by atoms with E-state index in [0.29, 0.717) is 29.9 Å². The maximum absolute atomic E-state index is 2.35. The normalized spacial score (nSPS) is 16.2. The van der Waals surface area contributed by atoms with Gasteiger partial charge in [-0.3, -0.25) is 0 Å². The van der Waals surface area contributed by atoms with E-state index >= 15 is 0 Å². The van der Waals surface area contributed by atoms with Crippen LogP contribution < -0.4 is 0 Å². The van der Waals surface area contributed by atoms with E-state index in [1.807, 2.05) is 0 Å². The Morgan fingerprint density at radius 2 is 0.706 bits per heavy atom. The monoisotopic (exact) mass is 570 g/mol. The van der Waals surface area contributed by atoms with Crippen LogP contribution in [-0.4, -0.2) is 29.9 Å². The third-order valence-corrected chi connectivity index (χ3v) is 9.62. The van der Waals surface area contributed by atoms with Gasteiger partial charge in [0.1, 0.15) is 0 Å². The van der Waals surface area contributed by atoms with Crippen LogP contribution in [0.15, 0.2) is 132 Å². The summed E-state index contributed by atoms with van der Waals surface area (Å²) in [4.78, 5) is 0. The van der Waals surface area contributed by atoms with Gasteiger partial charge in [0.2, 0.25) is 0 Å². The van der Waals surface area contributed by atoms with Gasteiger partial charge in [0, 0.05) is 0 Å². The van der Waals surface area contributed by atoms with Gasteiger partial charge in [0.15, 0.2) is 0 Å². The zero-order valence-corrected chi connectivity index (χ0v) is 22.8. The van der Waals surface area contributed by atoms with E-state index in [1.54, 1.807) is 0 Å². The molecule has 0 saturated carbocycles. The van der Waals surface area contributed by atoms with Crippen LogP contribution in [0.3, 0.4) is 0 Å². The second-order valence-corrected chi connectivity index (χ2v) is 11.5. The van der Waals surface area contributed by atoms with E-state index in [9.17, 15) is 0 Å². The van der Waals surface area contributed by atoms with Crippen LogP contribution in [0.4, 0.5) is 0 Å². The molecule has 0 aromatic heterocycles. The summed E-state index contributed by atoms with van der Waals surface area (Å²) in [5, 5.41) is 0. The Morgan fingerprint density at radius 3 is 1.00 bits per heavy atom. The van der Waals surface area contributed by atoms with Crippen LogP contribution in [0.1, 0.15) is 22.3 Å². The molecule has 0 unspecified atom stereocenters. The molecule has 0 fully saturated rings. The van der Waals surface area contributed by atoms with Crippen molar-refractivity contribution in [2.24, 2.45) is 0 Å². The Balaban J connectivity index is 1.92. The van der Waals surface area contributed by atoms with Gasteiger partial charge in [-0.15, -0.1) is 0 Å². The van der Waals surface area contributed by atoms with Crippen LogP contribution in [0.25, 0.3) is 20.1 Å². The number of hydrogen-bond acceptors (Lipinski definition) is 0. The van der Waals surface area contributed by atoms with Crippen LogP contribution in [0.5, 0.6) is 0 Å². The molecule has 0 amide bonds. The molecule has 0 saturated heterocycles. The quantitative estimate of drug-likeness (QED) is 0.207. The average molecular weight is 568 g/mol. The summed E-state index contributed by atoms with van der Waals surface area (Å²) >= 11 is 0.680. The molecular formula is C32H26Se2. The molecule has 34 heavy (non-hydrogen) atoms. The van der Waals surface area contributed by atoms with Crippen molar-refractivity contribution in [3.8, 4) is 0 Å². The Morgan fingerprint density at radius 1 is 0.412 bits per heavy atom. The molecule has 2 heteroatoms. The second-order valence-electron chi connectivity index (χ2n) is 8.03. The molecule has 0 nitrogen and oxygen atoms in total. The summed E-state index contributed by atoms with van der Waals surface area (Å²) in [5.74, 6) is 4.70. The number of benzene rings is 4. The molecule has 0 atom stereocenters. The summed E-state index contributed by atoms with van der Waals surface area (Å²) in [6, 6.07) is 43.9. The van der Waals surface area contributed by atoms with E-state index in [2.05, 4.69) is 133 Å². The van der Waals surface area contributed by atoms with Gasteiger partial charge in [0.05, 0.1) is 0 Å². The maximum atomic E-state index is 2.35. The van der Waals surface area contributed by atoms with E-state index < -0.39 is 0 Å². The van der Waals surface area contributed by atoms with Gasteiger partial charge in [0.25, 0.3) is 0 Å². The fraction of sp³-hybridized carbons (Fsp3) is 0.0625. The molecule has 0 radical (unpaired) electrons. The van der Waals surface area contributed by atoms with Crippen LogP contribution in [-0.2, 0) is 0 Å². The summed E-state index contributed by atoms with van der Waals surface area (Å²) in [5.41, 5.74) is 11.0. The number of allylic oxidation sites excluding steroid dienone is 4. The molecule has 1 aliphatic rings. The molecule has 0 N–H and O–H groups in total. The van der Waals surface area contributed by atoms with Gasteiger partial charge >= 0.3 is 216 Å². The predicted octanol–water partition coefficient (Wildman–Crippen LogP) is 7.94. The molecular weight excluding hydrogens is 542 g/mol. The van der Waals surface area contributed by atoms with Crippen molar-refractivity contribution in [3.63, 3.8) is 0 Å². The molecule has 0 aliphatic heterocycles. The first-order valence-electron chi connectivity index (χ1n) is 11.4. The predicted molar refractivity (Wildman–Crippen MR) is 150 cm³/mol. The third kappa shape index (κ3) is 4.31. The molecule has 5 rings (SSSR count). The van der Waals surface area contributed by atoms with Gasteiger partial charge in [-0.2, -0.15) is 0 Å². The SMILES string of the molecule is C[Se]/C(=C1C(c2ccccc2)=C(c2ccccc2)C/1=C(/[Se]C)c1ccccc1)c1ccccc1. The first-order chi connectivity index (χ1) is 16.8. The summed E-state index contributed by atoms with van der Waals surface area (Å²) < 4.78 is 2.97. The minimum atomic E-state index is 0.340. The summed E-state index contributed by atoms with van der Waals surface area (Å²) in [6.07, 6.45) is 0. The molecule has 0 bridgehead atoms. The molecule has 0 heterocycles. The van der Waals surface area contributed by atoms with Crippen molar-refractivity contribution in [1.82, 2.24) is 0 Å². The minimum absolute atomic E-state index is 0.340. The number of hydrogen-bond donors (Lipinski definition) is 0. The Kier molecular flexibility index (Phi) is 7.14. The average Bonchev–Trinajstić information content (AvgIpc) is 2.91. The van der Waals surface area contributed by atoms with Crippen molar-refractivity contribution >= 4 is 50.0 Å². The second kappa shape index (κ2) is 10.6.